The number of aromatic nitrogens is 2. The Kier molecular flexibility index (Phi) is 4.98. The number of amides is 1. The summed E-state index contributed by atoms with van der Waals surface area (Å²) in [5, 5.41) is 10.2. The van der Waals surface area contributed by atoms with E-state index in [0.717, 1.165) is 18.5 Å². The molecule has 6 nitrogen and oxygen atoms in total. The van der Waals surface area contributed by atoms with Gasteiger partial charge in [-0.3, -0.25) is 9.59 Å². The molecule has 116 valence electrons. The molecular weight excluding hydrogens is 268 g/mol. The zero-order valence-corrected chi connectivity index (χ0v) is 12.9. The standard InChI is InChI=1S/C15H24N4O2/c1-10(2)11(3)17-14(20)9-19-15(21)7-13(8-16-19)18-12-5-4-6-12/h7-8,10-12,18H,4-6,9H2,1-3H3,(H,17,20). The third-order valence-electron chi connectivity index (χ3n) is 4.03. The number of nitrogens with zero attached hydrogens (tertiary/aromatic N) is 2. The molecule has 0 radical (unpaired) electrons. The van der Waals surface area contributed by atoms with Gasteiger partial charge in [0.25, 0.3) is 5.56 Å². The fourth-order valence-electron chi connectivity index (χ4n) is 2.02. The predicted octanol–water partition coefficient (Wildman–Crippen LogP) is 1.37. The molecule has 1 amide bonds. The summed E-state index contributed by atoms with van der Waals surface area (Å²) in [6.07, 6.45) is 5.12. The van der Waals surface area contributed by atoms with E-state index in [1.807, 2.05) is 20.8 Å². The second-order valence-corrected chi connectivity index (χ2v) is 6.11. The van der Waals surface area contributed by atoms with Crippen molar-refractivity contribution in [2.45, 2.75) is 58.7 Å². The lowest BCUT2D eigenvalue weighted by Gasteiger charge is -2.27. The molecule has 0 bridgehead atoms. The summed E-state index contributed by atoms with van der Waals surface area (Å²) in [4.78, 5) is 23.8. The van der Waals surface area contributed by atoms with Crippen LogP contribution in [0.5, 0.6) is 0 Å². The Morgan fingerprint density at radius 1 is 1.43 bits per heavy atom. The van der Waals surface area contributed by atoms with Crippen LogP contribution in [0.15, 0.2) is 17.1 Å². The quantitative estimate of drug-likeness (QED) is 0.830. The summed E-state index contributed by atoms with van der Waals surface area (Å²) in [5.41, 5.74) is 0.476. The molecule has 2 rings (SSSR count). The lowest BCUT2D eigenvalue weighted by atomic mass is 9.93. The Hall–Kier alpha value is -1.85. The molecule has 21 heavy (non-hydrogen) atoms. The number of rotatable bonds is 6. The van der Waals surface area contributed by atoms with Gasteiger partial charge in [0, 0.05) is 18.2 Å². The number of carbonyl (C=O) groups excluding carboxylic acids is 1. The second kappa shape index (κ2) is 6.74. The van der Waals surface area contributed by atoms with Gasteiger partial charge < -0.3 is 10.6 Å². The minimum Gasteiger partial charge on any atom is -0.381 e. The zero-order chi connectivity index (χ0) is 15.4. The van der Waals surface area contributed by atoms with Gasteiger partial charge in [0.2, 0.25) is 5.91 Å². The van der Waals surface area contributed by atoms with Crippen LogP contribution < -0.4 is 16.2 Å². The Bertz CT molecular complexity index is 549. The summed E-state index contributed by atoms with van der Waals surface area (Å²) in [5.74, 6) is 0.165. The third-order valence-corrected chi connectivity index (χ3v) is 4.03. The highest BCUT2D eigenvalue weighted by atomic mass is 16.2. The molecule has 0 aliphatic heterocycles. The molecule has 1 fully saturated rings. The fraction of sp³-hybridized carbons (Fsp3) is 0.667. The van der Waals surface area contributed by atoms with E-state index in [1.54, 1.807) is 6.20 Å². The molecule has 0 aromatic carbocycles. The van der Waals surface area contributed by atoms with E-state index < -0.39 is 0 Å². The average molecular weight is 292 g/mol. The van der Waals surface area contributed by atoms with Crippen molar-refractivity contribution < 1.29 is 4.79 Å². The van der Waals surface area contributed by atoms with Crippen molar-refractivity contribution in [1.29, 1.82) is 0 Å². The molecule has 6 heteroatoms. The van der Waals surface area contributed by atoms with Crippen LogP contribution in [0.25, 0.3) is 0 Å². The first-order valence-electron chi connectivity index (χ1n) is 7.59. The molecule has 2 N–H and O–H groups in total. The molecular formula is C15H24N4O2. The van der Waals surface area contributed by atoms with Gasteiger partial charge in [-0.15, -0.1) is 0 Å². The minimum atomic E-state index is -0.258. The fourth-order valence-corrected chi connectivity index (χ4v) is 2.02. The number of nitrogens with one attached hydrogen (secondary N) is 2. The highest BCUT2D eigenvalue weighted by Crippen LogP contribution is 2.21. The summed E-state index contributed by atoms with van der Waals surface area (Å²) in [6, 6.07) is 2.04. The lowest BCUT2D eigenvalue weighted by molar-refractivity contribution is -0.122. The van der Waals surface area contributed by atoms with Gasteiger partial charge in [0.05, 0.1) is 11.9 Å². The summed E-state index contributed by atoms with van der Waals surface area (Å²) >= 11 is 0. The Balaban J connectivity index is 1.94. The van der Waals surface area contributed by atoms with Gasteiger partial charge in [0.15, 0.2) is 0 Å². The topological polar surface area (TPSA) is 76.0 Å². The van der Waals surface area contributed by atoms with Crippen molar-refractivity contribution in [2.24, 2.45) is 5.92 Å². The Labute approximate surface area is 124 Å². The monoisotopic (exact) mass is 292 g/mol. The van der Waals surface area contributed by atoms with Crippen molar-refractivity contribution in [3.63, 3.8) is 0 Å². The third kappa shape index (κ3) is 4.31. The van der Waals surface area contributed by atoms with E-state index >= 15 is 0 Å². The summed E-state index contributed by atoms with van der Waals surface area (Å²) in [7, 11) is 0. The molecule has 1 aromatic rings. The Morgan fingerprint density at radius 2 is 2.14 bits per heavy atom. The van der Waals surface area contributed by atoms with Crippen LogP contribution >= 0.6 is 0 Å². The second-order valence-electron chi connectivity index (χ2n) is 6.11. The van der Waals surface area contributed by atoms with Gasteiger partial charge in [0.1, 0.15) is 6.54 Å². The van der Waals surface area contributed by atoms with Crippen LogP contribution in [0.4, 0.5) is 5.69 Å². The van der Waals surface area contributed by atoms with Crippen LogP contribution in [-0.4, -0.2) is 27.8 Å². The van der Waals surface area contributed by atoms with Crippen molar-refractivity contribution in [3.05, 3.63) is 22.6 Å². The first-order valence-corrected chi connectivity index (χ1v) is 7.59. The SMILES string of the molecule is CC(C)C(C)NC(=O)Cn1ncc(NC2CCC2)cc1=O. The Morgan fingerprint density at radius 3 is 2.67 bits per heavy atom. The molecule has 1 aliphatic rings. The molecule has 1 unspecified atom stereocenters. The van der Waals surface area contributed by atoms with Gasteiger partial charge in [-0.25, -0.2) is 4.68 Å². The highest BCUT2D eigenvalue weighted by Gasteiger charge is 2.17. The van der Waals surface area contributed by atoms with E-state index in [1.165, 1.54) is 17.2 Å². The summed E-state index contributed by atoms with van der Waals surface area (Å²) in [6.45, 7) is 5.98. The first-order chi connectivity index (χ1) is 9.95. The van der Waals surface area contributed by atoms with E-state index in [9.17, 15) is 9.59 Å². The van der Waals surface area contributed by atoms with Crippen LogP contribution in [0.2, 0.25) is 0 Å². The lowest BCUT2D eigenvalue weighted by Crippen LogP contribution is -2.40. The minimum absolute atomic E-state index is 0.0421. The average Bonchev–Trinajstić information content (AvgIpc) is 2.36. The number of carbonyl (C=O) groups is 1. The van der Waals surface area contributed by atoms with Gasteiger partial charge >= 0.3 is 0 Å². The molecule has 0 spiro atoms. The highest BCUT2D eigenvalue weighted by molar-refractivity contribution is 5.75. The molecule has 1 saturated carbocycles. The molecule has 1 heterocycles. The predicted molar refractivity (Wildman–Crippen MR) is 82.2 cm³/mol. The molecule has 1 aromatic heterocycles. The van der Waals surface area contributed by atoms with Crippen LogP contribution in [0, 0.1) is 5.92 Å². The maximum Gasteiger partial charge on any atom is 0.269 e. The van der Waals surface area contributed by atoms with Crippen LogP contribution in [-0.2, 0) is 11.3 Å². The number of anilines is 1. The van der Waals surface area contributed by atoms with Crippen molar-refractivity contribution >= 4 is 11.6 Å². The van der Waals surface area contributed by atoms with Crippen molar-refractivity contribution in [1.82, 2.24) is 15.1 Å². The number of hydrogen-bond acceptors (Lipinski definition) is 4. The molecule has 0 saturated heterocycles. The van der Waals surface area contributed by atoms with E-state index in [4.69, 9.17) is 0 Å². The first kappa shape index (κ1) is 15.5. The van der Waals surface area contributed by atoms with Crippen LogP contribution in [0.1, 0.15) is 40.0 Å². The van der Waals surface area contributed by atoms with E-state index in [2.05, 4.69) is 15.7 Å². The maximum atomic E-state index is 12.0. The molecule has 1 aliphatic carbocycles. The van der Waals surface area contributed by atoms with Crippen molar-refractivity contribution in [2.75, 3.05) is 5.32 Å². The van der Waals surface area contributed by atoms with Gasteiger partial charge in [-0.1, -0.05) is 13.8 Å². The molecule has 1 atom stereocenters. The van der Waals surface area contributed by atoms with Crippen LogP contribution in [0.3, 0.4) is 0 Å². The van der Waals surface area contributed by atoms with Gasteiger partial charge in [-0.2, -0.15) is 5.10 Å². The van der Waals surface area contributed by atoms with Crippen molar-refractivity contribution in [3.8, 4) is 0 Å². The number of hydrogen-bond donors (Lipinski definition) is 2. The van der Waals surface area contributed by atoms with Gasteiger partial charge in [-0.05, 0) is 32.1 Å². The largest absolute Gasteiger partial charge is 0.381 e. The normalized spacial score (nSPS) is 16.4. The smallest absolute Gasteiger partial charge is 0.269 e. The maximum absolute atomic E-state index is 12.0. The van der Waals surface area contributed by atoms with E-state index in [0.29, 0.717) is 12.0 Å². The zero-order valence-electron chi connectivity index (χ0n) is 12.9. The van der Waals surface area contributed by atoms with E-state index in [-0.39, 0.29) is 24.1 Å². The summed E-state index contributed by atoms with van der Waals surface area (Å²) < 4.78 is 1.19.